The summed E-state index contributed by atoms with van der Waals surface area (Å²) in [6, 6.07) is 9.01. The number of amides is 1. The summed E-state index contributed by atoms with van der Waals surface area (Å²) in [4.78, 5) is 22.1. The fourth-order valence-corrected chi connectivity index (χ4v) is 2.35. The Kier molecular flexibility index (Phi) is 6.28. The molecule has 0 aliphatic rings. The molecule has 0 aliphatic heterocycles. The number of carbonyl (C=O) groups excluding carboxylic acids is 1. The largest absolute Gasteiger partial charge is 0.480 e. The third-order valence-electron chi connectivity index (χ3n) is 2.35. The lowest BCUT2D eigenvalue weighted by Gasteiger charge is -2.13. The van der Waals surface area contributed by atoms with Crippen molar-refractivity contribution in [3.63, 3.8) is 0 Å². The minimum absolute atomic E-state index is 0.234. The van der Waals surface area contributed by atoms with Crippen LogP contribution >= 0.6 is 11.8 Å². The second-order valence-electron chi connectivity index (χ2n) is 3.81. The molecule has 0 bridgehead atoms. The van der Waals surface area contributed by atoms with Gasteiger partial charge < -0.3 is 10.4 Å². The van der Waals surface area contributed by atoms with E-state index in [9.17, 15) is 9.59 Å². The SMILES string of the molecule is CCC(=O)NC(CSCc1ccccc1)C(=O)O. The minimum Gasteiger partial charge on any atom is -0.480 e. The van der Waals surface area contributed by atoms with E-state index in [1.54, 1.807) is 6.92 Å². The molecule has 0 saturated carbocycles. The van der Waals surface area contributed by atoms with Gasteiger partial charge in [-0.1, -0.05) is 37.3 Å². The van der Waals surface area contributed by atoms with Crippen molar-refractivity contribution in [3.8, 4) is 0 Å². The van der Waals surface area contributed by atoms with Crippen LogP contribution < -0.4 is 5.32 Å². The van der Waals surface area contributed by atoms with Gasteiger partial charge in [0.15, 0.2) is 0 Å². The topological polar surface area (TPSA) is 66.4 Å². The third-order valence-corrected chi connectivity index (χ3v) is 3.46. The Bertz CT molecular complexity index is 394. The van der Waals surface area contributed by atoms with E-state index in [-0.39, 0.29) is 5.91 Å². The predicted octanol–water partition coefficient (Wildman–Crippen LogP) is 1.90. The fourth-order valence-electron chi connectivity index (χ4n) is 1.34. The fraction of sp³-hybridized carbons (Fsp3) is 0.385. The van der Waals surface area contributed by atoms with Gasteiger partial charge in [0, 0.05) is 17.9 Å². The molecule has 2 N–H and O–H groups in total. The first-order chi connectivity index (χ1) is 8.63. The van der Waals surface area contributed by atoms with Gasteiger partial charge in [0.2, 0.25) is 5.91 Å². The van der Waals surface area contributed by atoms with Crippen molar-refractivity contribution in [2.75, 3.05) is 5.75 Å². The van der Waals surface area contributed by atoms with Crippen LogP contribution in [0, 0.1) is 0 Å². The number of hydrogen-bond acceptors (Lipinski definition) is 3. The smallest absolute Gasteiger partial charge is 0.327 e. The molecule has 1 unspecified atom stereocenters. The van der Waals surface area contributed by atoms with Crippen LogP contribution in [0.4, 0.5) is 0 Å². The van der Waals surface area contributed by atoms with E-state index in [0.29, 0.717) is 12.2 Å². The van der Waals surface area contributed by atoms with Crippen LogP contribution in [0.25, 0.3) is 0 Å². The second kappa shape index (κ2) is 7.76. The average molecular weight is 267 g/mol. The number of carboxylic acids is 1. The van der Waals surface area contributed by atoms with Gasteiger partial charge in [0.1, 0.15) is 6.04 Å². The Morgan fingerprint density at radius 2 is 2.00 bits per heavy atom. The summed E-state index contributed by atoms with van der Waals surface area (Å²) in [5.41, 5.74) is 1.15. The van der Waals surface area contributed by atoms with E-state index >= 15 is 0 Å². The normalized spacial score (nSPS) is 11.8. The first kappa shape index (κ1) is 14.6. The first-order valence-corrected chi connectivity index (χ1v) is 6.92. The van der Waals surface area contributed by atoms with E-state index in [0.717, 1.165) is 11.3 Å². The minimum atomic E-state index is -0.989. The molecule has 98 valence electrons. The number of carbonyl (C=O) groups is 2. The molecule has 0 heterocycles. The Labute approximate surface area is 111 Å². The third kappa shape index (κ3) is 5.23. The molecular formula is C13H17NO3S. The molecule has 0 aromatic heterocycles. The Morgan fingerprint density at radius 3 is 2.56 bits per heavy atom. The van der Waals surface area contributed by atoms with Crippen LogP contribution in [0.1, 0.15) is 18.9 Å². The molecule has 1 aromatic rings. The summed E-state index contributed by atoms with van der Waals surface area (Å²) in [7, 11) is 0. The van der Waals surface area contributed by atoms with Gasteiger partial charge >= 0.3 is 5.97 Å². The van der Waals surface area contributed by atoms with E-state index in [1.807, 2.05) is 30.3 Å². The van der Waals surface area contributed by atoms with E-state index in [4.69, 9.17) is 5.11 Å². The molecule has 1 aromatic carbocycles. The van der Waals surface area contributed by atoms with Gasteiger partial charge in [-0.15, -0.1) is 0 Å². The van der Waals surface area contributed by atoms with Crippen LogP contribution in [0.15, 0.2) is 30.3 Å². The highest BCUT2D eigenvalue weighted by atomic mass is 32.2. The van der Waals surface area contributed by atoms with Crippen molar-refractivity contribution in [3.05, 3.63) is 35.9 Å². The lowest BCUT2D eigenvalue weighted by atomic mass is 10.2. The molecule has 5 heteroatoms. The standard InChI is InChI=1S/C13H17NO3S/c1-2-12(15)14-11(13(16)17)9-18-8-10-6-4-3-5-7-10/h3-7,11H,2,8-9H2,1H3,(H,14,15)(H,16,17). The first-order valence-electron chi connectivity index (χ1n) is 5.77. The van der Waals surface area contributed by atoms with Crippen LogP contribution in [0.3, 0.4) is 0 Å². The highest BCUT2D eigenvalue weighted by Gasteiger charge is 2.18. The summed E-state index contributed by atoms with van der Waals surface area (Å²) >= 11 is 1.50. The summed E-state index contributed by atoms with van der Waals surface area (Å²) in [6.07, 6.45) is 0.299. The lowest BCUT2D eigenvalue weighted by molar-refractivity contribution is -0.141. The summed E-state index contributed by atoms with van der Waals surface area (Å²) < 4.78 is 0. The maximum Gasteiger partial charge on any atom is 0.327 e. The van der Waals surface area contributed by atoms with E-state index in [1.165, 1.54) is 11.8 Å². The van der Waals surface area contributed by atoms with Gasteiger partial charge in [-0.05, 0) is 5.56 Å². The lowest BCUT2D eigenvalue weighted by Crippen LogP contribution is -2.42. The molecule has 4 nitrogen and oxygen atoms in total. The molecule has 0 aliphatic carbocycles. The Balaban J connectivity index is 2.38. The quantitative estimate of drug-likeness (QED) is 0.792. The van der Waals surface area contributed by atoms with Crippen molar-refractivity contribution in [1.82, 2.24) is 5.32 Å². The number of aliphatic carboxylic acids is 1. The zero-order valence-electron chi connectivity index (χ0n) is 10.3. The molecule has 1 rings (SSSR count). The van der Waals surface area contributed by atoms with Crippen LogP contribution in [-0.4, -0.2) is 28.8 Å². The number of nitrogens with one attached hydrogen (secondary N) is 1. The molecule has 0 saturated heterocycles. The van der Waals surface area contributed by atoms with Crippen molar-refractivity contribution in [2.24, 2.45) is 0 Å². The van der Waals surface area contributed by atoms with Crippen LogP contribution in [0.2, 0.25) is 0 Å². The molecule has 18 heavy (non-hydrogen) atoms. The number of thioether (sulfide) groups is 1. The number of benzene rings is 1. The molecule has 1 atom stereocenters. The molecule has 0 fully saturated rings. The van der Waals surface area contributed by atoms with Gasteiger partial charge in [0.25, 0.3) is 0 Å². The van der Waals surface area contributed by atoms with Gasteiger partial charge in [-0.3, -0.25) is 4.79 Å². The highest BCUT2D eigenvalue weighted by Crippen LogP contribution is 2.12. The predicted molar refractivity (Wildman–Crippen MR) is 72.5 cm³/mol. The highest BCUT2D eigenvalue weighted by molar-refractivity contribution is 7.98. The van der Waals surface area contributed by atoms with Crippen LogP contribution in [-0.2, 0) is 15.3 Å². The monoisotopic (exact) mass is 267 g/mol. The van der Waals surface area contributed by atoms with Gasteiger partial charge in [-0.2, -0.15) is 11.8 Å². The maximum absolute atomic E-state index is 11.2. The zero-order valence-corrected chi connectivity index (χ0v) is 11.1. The molecular weight excluding hydrogens is 250 g/mol. The van der Waals surface area contributed by atoms with Gasteiger partial charge in [-0.25, -0.2) is 4.79 Å². The van der Waals surface area contributed by atoms with E-state index < -0.39 is 12.0 Å². The zero-order chi connectivity index (χ0) is 13.4. The molecule has 0 radical (unpaired) electrons. The summed E-state index contributed by atoms with van der Waals surface area (Å²) in [5, 5.41) is 11.5. The maximum atomic E-state index is 11.2. The van der Waals surface area contributed by atoms with Crippen molar-refractivity contribution in [1.29, 1.82) is 0 Å². The van der Waals surface area contributed by atoms with Gasteiger partial charge in [0.05, 0.1) is 0 Å². The molecule has 0 spiro atoms. The summed E-state index contributed by atoms with van der Waals surface area (Å²) in [6.45, 7) is 1.70. The summed E-state index contributed by atoms with van der Waals surface area (Å²) in [5.74, 6) is -0.108. The molecule has 1 amide bonds. The van der Waals surface area contributed by atoms with E-state index in [2.05, 4.69) is 5.32 Å². The van der Waals surface area contributed by atoms with Crippen LogP contribution in [0.5, 0.6) is 0 Å². The van der Waals surface area contributed by atoms with Crippen molar-refractivity contribution < 1.29 is 14.7 Å². The Morgan fingerprint density at radius 1 is 1.33 bits per heavy atom. The second-order valence-corrected chi connectivity index (χ2v) is 4.84. The number of rotatable bonds is 7. The number of hydrogen-bond donors (Lipinski definition) is 2. The van der Waals surface area contributed by atoms with Crippen molar-refractivity contribution >= 4 is 23.6 Å². The van der Waals surface area contributed by atoms with Crippen molar-refractivity contribution in [2.45, 2.75) is 25.1 Å². The average Bonchev–Trinajstić information content (AvgIpc) is 2.38. The number of carboxylic acid groups (broad SMARTS) is 1. The Hall–Kier alpha value is -1.49.